The molecule has 2 N–H and O–H groups in total. The molecule has 0 aromatic heterocycles. The van der Waals surface area contributed by atoms with Gasteiger partial charge in [-0.15, -0.1) is 0 Å². The zero-order valence-corrected chi connectivity index (χ0v) is 13.2. The van der Waals surface area contributed by atoms with Gasteiger partial charge in [0.25, 0.3) is 0 Å². The predicted octanol–water partition coefficient (Wildman–Crippen LogP) is 2.13. The van der Waals surface area contributed by atoms with Gasteiger partial charge in [-0.3, -0.25) is 15.0 Å². The molecule has 3 amide bonds. The maximum Gasteiger partial charge on any atom is 0.321 e. The number of nitrogens with one attached hydrogen (secondary N) is 2. The van der Waals surface area contributed by atoms with Gasteiger partial charge in [-0.05, 0) is 33.3 Å². The summed E-state index contributed by atoms with van der Waals surface area (Å²) in [5.41, 5.74) is 1.14. The SMILES string of the molecule is CC(C)NC(=O)NC(=O)CN(Cc1ccccc1)C(C)C. The summed E-state index contributed by atoms with van der Waals surface area (Å²) < 4.78 is 0. The van der Waals surface area contributed by atoms with Crippen molar-refractivity contribution in [3.63, 3.8) is 0 Å². The minimum Gasteiger partial charge on any atom is -0.336 e. The van der Waals surface area contributed by atoms with E-state index in [-0.39, 0.29) is 24.5 Å². The molecule has 0 aliphatic rings. The highest BCUT2D eigenvalue weighted by Gasteiger charge is 2.16. The fourth-order valence-corrected chi connectivity index (χ4v) is 1.89. The molecule has 0 spiro atoms. The van der Waals surface area contributed by atoms with E-state index in [9.17, 15) is 9.59 Å². The Bertz CT molecular complexity index is 458. The number of nitrogens with zero attached hydrogens (tertiary/aromatic N) is 1. The zero-order valence-electron chi connectivity index (χ0n) is 13.2. The summed E-state index contributed by atoms with van der Waals surface area (Å²) in [6.45, 7) is 8.63. The van der Waals surface area contributed by atoms with Crippen molar-refractivity contribution in [2.75, 3.05) is 6.54 Å². The van der Waals surface area contributed by atoms with E-state index in [0.717, 1.165) is 5.56 Å². The summed E-state index contributed by atoms with van der Waals surface area (Å²) in [7, 11) is 0. The van der Waals surface area contributed by atoms with Crippen LogP contribution >= 0.6 is 0 Å². The summed E-state index contributed by atoms with van der Waals surface area (Å²) >= 11 is 0. The third kappa shape index (κ3) is 6.90. The van der Waals surface area contributed by atoms with Crippen LogP contribution in [0.4, 0.5) is 4.79 Å². The molecule has 0 atom stereocenters. The molecule has 0 radical (unpaired) electrons. The summed E-state index contributed by atoms with van der Waals surface area (Å²) in [6.07, 6.45) is 0. The lowest BCUT2D eigenvalue weighted by Gasteiger charge is -2.25. The van der Waals surface area contributed by atoms with E-state index >= 15 is 0 Å². The molecule has 0 aliphatic carbocycles. The van der Waals surface area contributed by atoms with E-state index in [2.05, 4.69) is 10.6 Å². The second-order valence-corrected chi connectivity index (χ2v) is 5.66. The van der Waals surface area contributed by atoms with Crippen LogP contribution in [0.1, 0.15) is 33.3 Å². The van der Waals surface area contributed by atoms with Crippen molar-refractivity contribution < 1.29 is 9.59 Å². The van der Waals surface area contributed by atoms with Gasteiger partial charge in [0, 0.05) is 18.6 Å². The Morgan fingerprint density at radius 2 is 1.71 bits per heavy atom. The van der Waals surface area contributed by atoms with E-state index in [1.54, 1.807) is 0 Å². The molecule has 116 valence electrons. The number of imide groups is 1. The molecule has 21 heavy (non-hydrogen) atoms. The monoisotopic (exact) mass is 291 g/mol. The smallest absolute Gasteiger partial charge is 0.321 e. The Hall–Kier alpha value is -1.88. The van der Waals surface area contributed by atoms with E-state index in [1.807, 2.05) is 62.9 Å². The molecular formula is C16H25N3O2. The predicted molar refractivity (Wildman–Crippen MR) is 83.8 cm³/mol. The van der Waals surface area contributed by atoms with Crippen LogP contribution in [0.3, 0.4) is 0 Å². The molecular weight excluding hydrogens is 266 g/mol. The van der Waals surface area contributed by atoms with Crippen molar-refractivity contribution in [2.24, 2.45) is 0 Å². The second kappa shape index (κ2) is 8.42. The Morgan fingerprint density at radius 1 is 1.10 bits per heavy atom. The van der Waals surface area contributed by atoms with Gasteiger partial charge in [0.1, 0.15) is 0 Å². The van der Waals surface area contributed by atoms with E-state index < -0.39 is 6.03 Å². The first-order valence-electron chi connectivity index (χ1n) is 7.26. The summed E-state index contributed by atoms with van der Waals surface area (Å²) in [6, 6.07) is 9.74. The number of urea groups is 1. The standard InChI is InChI=1S/C16H25N3O2/c1-12(2)17-16(21)18-15(20)11-19(13(3)4)10-14-8-6-5-7-9-14/h5-9,12-13H,10-11H2,1-4H3,(H2,17,18,20,21). The number of hydrogen-bond acceptors (Lipinski definition) is 3. The molecule has 0 unspecified atom stereocenters. The first-order valence-corrected chi connectivity index (χ1v) is 7.26. The molecule has 0 saturated heterocycles. The number of rotatable bonds is 6. The molecule has 5 heteroatoms. The molecule has 5 nitrogen and oxygen atoms in total. The van der Waals surface area contributed by atoms with Gasteiger partial charge in [0.15, 0.2) is 0 Å². The lowest BCUT2D eigenvalue weighted by molar-refractivity contribution is -0.121. The lowest BCUT2D eigenvalue weighted by atomic mass is 10.2. The summed E-state index contributed by atoms with van der Waals surface area (Å²) in [4.78, 5) is 25.5. The van der Waals surface area contributed by atoms with Crippen molar-refractivity contribution in [1.29, 1.82) is 0 Å². The highest BCUT2D eigenvalue weighted by molar-refractivity contribution is 5.95. The first kappa shape index (κ1) is 17.2. The Morgan fingerprint density at radius 3 is 2.24 bits per heavy atom. The Kier molecular flexibility index (Phi) is 6.88. The van der Waals surface area contributed by atoms with Gasteiger partial charge in [-0.25, -0.2) is 4.79 Å². The van der Waals surface area contributed by atoms with Crippen molar-refractivity contribution in [1.82, 2.24) is 15.5 Å². The highest BCUT2D eigenvalue weighted by Crippen LogP contribution is 2.07. The molecule has 0 saturated carbocycles. The van der Waals surface area contributed by atoms with Crippen LogP contribution in [0.5, 0.6) is 0 Å². The van der Waals surface area contributed by atoms with Crippen molar-refractivity contribution in [2.45, 2.75) is 46.3 Å². The van der Waals surface area contributed by atoms with Gasteiger partial charge < -0.3 is 5.32 Å². The highest BCUT2D eigenvalue weighted by atomic mass is 16.2. The van der Waals surface area contributed by atoms with Gasteiger partial charge in [-0.2, -0.15) is 0 Å². The van der Waals surface area contributed by atoms with Crippen LogP contribution in [0.2, 0.25) is 0 Å². The number of carbonyl (C=O) groups excluding carboxylic acids is 2. The molecule has 0 bridgehead atoms. The number of amides is 3. The molecule has 1 aromatic carbocycles. The van der Waals surface area contributed by atoms with E-state index in [1.165, 1.54) is 0 Å². The molecule has 0 aliphatic heterocycles. The van der Waals surface area contributed by atoms with Crippen LogP contribution in [0, 0.1) is 0 Å². The van der Waals surface area contributed by atoms with Gasteiger partial charge >= 0.3 is 6.03 Å². The van der Waals surface area contributed by atoms with E-state index in [4.69, 9.17) is 0 Å². The molecule has 0 fully saturated rings. The van der Waals surface area contributed by atoms with E-state index in [0.29, 0.717) is 6.54 Å². The molecule has 1 aromatic rings. The molecule has 0 heterocycles. The topological polar surface area (TPSA) is 61.4 Å². The Labute approximate surface area is 126 Å². The summed E-state index contributed by atoms with van der Waals surface area (Å²) in [5.74, 6) is -0.294. The number of benzene rings is 1. The Balaban J connectivity index is 2.54. The van der Waals surface area contributed by atoms with Gasteiger partial charge in [-0.1, -0.05) is 30.3 Å². The van der Waals surface area contributed by atoms with Crippen molar-refractivity contribution in [3.8, 4) is 0 Å². The minimum absolute atomic E-state index is 0.00307. The zero-order chi connectivity index (χ0) is 15.8. The van der Waals surface area contributed by atoms with Crippen LogP contribution in [-0.2, 0) is 11.3 Å². The molecule has 1 rings (SSSR count). The first-order chi connectivity index (χ1) is 9.88. The number of carbonyl (C=O) groups is 2. The van der Waals surface area contributed by atoms with Crippen LogP contribution < -0.4 is 10.6 Å². The normalized spacial score (nSPS) is 11.0. The summed E-state index contributed by atoms with van der Waals surface area (Å²) in [5, 5.41) is 4.99. The lowest BCUT2D eigenvalue weighted by Crippen LogP contribution is -2.47. The third-order valence-electron chi connectivity index (χ3n) is 2.98. The largest absolute Gasteiger partial charge is 0.336 e. The van der Waals surface area contributed by atoms with Gasteiger partial charge in [0.05, 0.1) is 6.54 Å². The van der Waals surface area contributed by atoms with Crippen molar-refractivity contribution in [3.05, 3.63) is 35.9 Å². The minimum atomic E-state index is -0.446. The fraction of sp³-hybridized carbons (Fsp3) is 0.500. The fourth-order valence-electron chi connectivity index (χ4n) is 1.89. The maximum atomic E-state index is 11.9. The number of hydrogen-bond donors (Lipinski definition) is 2. The van der Waals surface area contributed by atoms with Crippen LogP contribution in [-0.4, -0.2) is 35.5 Å². The maximum absolute atomic E-state index is 11.9. The average Bonchev–Trinajstić information content (AvgIpc) is 2.37. The third-order valence-corrected chi connectivity index (χ3v) is 2.98. The van der Waals surface area contributed by atoms with Crippen LogP contribution in [0.25, 0.3) is 0 Å². The average molecular weight is 291 g/mol. The van der Waals surface area contributed by atoms with Crippen molar-refractivity contribution >= 4 is 11.9 Å². The van der Waals surface area contributed by atoms with Crippen LogP contribution in [0.15, 0.2) is 30.3 Å². The van der Waals surface area contributed by atoms with Gasteiger partial charge in [0.2, 0.25) is 5.91 Å². The second-order valence-electron chi connectivity index (χ2n) is 5.66. The quantitative estimate of drug-likeness (QED) is 0.844.